The van der Waals surface area contributed by atoms with E-state index >= 15 is 0 Å². The number of carbonyl (C=O) groups excluding carboxylic acids is 1. The second kappa shape index (κ2) is 11.5. The molecule has 4 aromatic carbocycles. The fourth-order valence-corrected chi connectivity index (χ4v) is 6.76. The largest absolute Gasteiger partial charge is 0.492 e. The van der Waals surface area contributed by atoms with Gasteiger partial charge < -0.3 is 10.1 Å². The Labute approximate surface area is 238 Å². The van der Waals surface area contributed by atoms with Gasteiger partial charge in [-0.2, -0.15) is 0 Å². The van der Waals surface area contributed by atoms with Crippen molar-refractivity contribution in [3.05, 3.63) is 102 Å². The van der Waals surface area contributed by atoms with Gasteiger partial charge in [-0.3, -0.25) is 9.10 Å². The molecule has 0 spiro atoms. The average molecular weight is 572 g/mol. The maximum absolute atomic E-state index is 13.8. The van der Waals surface area contributed by atoms with E-state index < -0.39 is 22.5 Å². The van der Waals surface area contributed by atoms with Crippen LogP contribution in [0, 0.1) is 13.8 Å². The lowest BCUT2D eigenvalue weighted by Crippen LogP contribution is -2.38. The van der Waals surface area contributed by atoms with Crippen molar-refractivity contribution >= 4 is 48.9 Å². The molecular weight excluding hydrogens is 542 g/mol. The van der Waals surface area contributed by atoms with Crippen LogP contribution in [-0.2, 0) is 14.8 Å². The number of aryl methyl sites for hydroxylation is 2. The van der Waals surface area contributed by atoms with Crippen molar-refractivity contribution in [3.8, 4) is 16.3 Å². The van der Waals surface area contributed by atoms with Gasteiger partial charge in [-0.05, 0) is 87.0 Å². The summed E-state index contributed by atoms with van der Waals surface area (Å²) < 4.78 is 35.5. The average Bonchev–Trinajstić information content (AvgIpc) is 3.36. The Morgan fingerprint density at radius 3 is 2.35 bits per heavy atom. The first-order valence-corrected chi connectivity index (χ1v) is 15.1. The number of thiazole rings is 1. The molecule has 0 aliphatic rings. The molecule has 0 unspecified atom stereocenters. The van der Waals surface area contributed by atoms with Crippen molar-refractivity contribution in [1.29, 1.82) is 0 Å². The highest BCUT2D eigenvalue weighted by Crippen LogP contribution is 2.33. The SMILES string of the molecule is CCOc1ccccc1N(CC(=O)Nc1ccc(-c2nc3ccc(C)cc3s2)cc1)S(=O)(=O)c1ccc(C)cc1. The summed E-state index contributed by atoms with van der Waals surface area (Å²) in [4.78, 5) is 18.0. The molecule has 0 aliphatic carbocycles. The van der Waals surface area contributed by atoms with Crippen molar-refractivity contribution in [1.82, 2.24) is 4.98 Å². The van der Waals surface area contributed by atoms with Crippen LogP contribution in [0.3, 0.4) is 0 Å². The number of anilines is 2. The Bertz CT molecular complexity index is 1760. The van der Waals surface area contributed by atoms with Crippen LogP contribution in [0.25, 0.3) is 20.8 Å². The molecule has 0 bridgehead atoms. The van der Waals surface area contributed by atoms with Crippen LogP contribution in [0.4, 0.5) is 11.4 Å². The normalized spacial score (nSPS) is 11.4. The van der Waals surface area contributed by atoms with Gasteiger partial charge in [0.25, 0.3) is 10.0 Å². The lowest BCUT2D eigenvalue weighted by atomic mass is 10.2. The quantitative estimate of drug-likeness (QED) is 0.210. The second-order valence-corrected chi connectivity index (χ2v) is 12.2. The number of amides is 1. The number of nitrogens with zero attached hydrogens (tertiary/aromatic N) is 2. The van der Waals surface area contributed by atoms with Gasteiger partial charge >= 0.3 is 0 Å². The lowest BCUT2D eigenvalue weighted by Gasteiger charge is -2.26. The summed E-state index contributed by atoms with van der Waals surface area (Å²) in [6.45, 7) is 5.68. The summed E-state index contributed by atoms with van der Waals surface area (Å²) in [5, 5.41) is 3.73. The monoisotopic (exact) mass is 571 g/mol. The zero-order valence-corrected chi connectivity index (χ0v) is 24.1. The highest BCUT2D eigenvalue weighted by molar-refractivity contribution is 7.92. The third-order valence-corrected chi connectivity index (χ3v) is 9.13. The molecule has 0 radical (unpaired) electrons. The molecule has 0 atom stereocenters. The molecule has 1 heterocycles. The zero-order chi connectivity index (χ0) is 28.3. The van der Waals surface area contributed by atoms with Gasteiger partial charge in [-0.25, -0.2) is 13.4 Å². The van der Waals surface area contributed by atoms with Crippen LogP contribution in [0.15, 0.2) is 95.9 Å². The maximum Gasteiger partial charge on any atom is 0.264 e. The number of aromatic nitrogens is 1. The predicted octanol–water partition coefficient (Wildman–Crippen LogP) is 6.81. The molecule has 0 fully saturated rings. The number of fused-ring (bicyclic) bond motifs is 1. The van der Waals surface area contributed by atoms with E-state index in [1.165, 1.54) is 5.56 Å². The van der Waals surface area contributed by atoms with Crippen LogP contribution >= 0.6 is 11.3 Å². The molecule has 5 aromatic rings. The minimum absolute atomic E-state index is 0.0904. The molecule has 0 saturated heterocycles. The molecule has 9 heteroatoms. The standard InChI is InChI=1S/C31H29N3O4S2/c1-4-38-28-8-6-5-7-27(28)34(40(36,37)25-16-9-21(2)10-17-25)20-30(35)32-24-14-12-23(13-15-24)31-33-26-18-11-22(3)19-29(26)39-31/h5-19H,4,20H2,1-3H3,(H,32,35). The van der Waals surface area contributed by atoms with E-state index in [4.69, 9.17) is 9.72 Å². The molecule has 0 saturated carbocycles. The predicted molar refractivity (Wildman–Crippen MR) is 162 cm³/mol. The van der Waals surface area contributed by atoms with Crippen LogP contribution in [0.2, 0.25) is 0 Å². The van der Waals surface area contributed by atoms with Gasteiger partial charge in [0.2, 0.25) is 5.91 Å². The van der Waals surface area contributed by atoms with E-state index in [2.05, 4.69) is 18.3 Å². The maximum atomic E-state index is 13.8. The molecule has 1 amide bonds. The number of nitrogens with one attached hydrogen (secondary N) is 1. The lowest BCUT2D eigenvalue weighted by molar-refractivity contribution is -0.114. The zero-order valence-electron chi connectivity index (χ0n) is 22.4. The molecule has 1 aromatic heterocycles. The number of ether oxygens (including phenoxy) is 1. The Morgan fingerprint density at radius 2 is 1.62 bits per heavy atom. The summed E-state index contributed by atoms with van der Waals surface area (Å²) >= 11 is 1.61. The van der Waals surface area contributed by atoms with E-state index in [0.717, 1.165) is 30.7 Å². The van der Waals surface area contributed by atoms with Crippen LogP contribution in [0.5, 0.6) is 5.75 Å². The van der Waals surface area contributed by atoms with Crippen LogP contribution < -0.4 is 14.4 Å². The van der Waals surface area contributed by atoms with Gasteiger partial charge in [0.15, 0.2) is 0 Å². The molecule has 40 heavy (non-hydrogen) atoms. The minimum Gasteiger partial charge on any atom is -0.492 e. The van der Waals surface area contributed by atoms with Crippen molar-refractivity contribution in [2.24, 2.45) is 0 Å². The highest BCUT2D eigenvalue weighted by Gasteiger charge is 2.29. The topological polar surface area (TPSA) is 88.6 Å². The highest BCUT2D eigenvalue weighted by atomic mass is 32.2. The summed E-state index contributed by atoms with van der Waals surface area (Å²) in [6, 6.07) is 26.9. The van der Waals surface area contributed by atoms with Crippen molar-refractivity contribution in [3.63, 3.8) is 0 Å². The van der Waals surface area contributed by atoms with E-state index in [-0.39, 0.29) is 4.90 Å². The first-order valence-electron chi connectivity index (χ1n) is 12.8. The van der Waals surface area contributed by atoms with E-state index in [9.17, 15) is 13.2 Å². The van der Waals surface area contributed by atoms with E-state index in [0.29, 0.717) is 23.7 Å². The number of rotatable bonds is 9. The minimum atomic E-state index is -4.07. The molecular formula is C31H29N3O4S2. The molecule has 204 valence electrons. The summed E-state index contributed by atoms with van der Waals surface area (Å²) in [5.41, 5.74) is 4.85. The third kappa shape index (κ3) is 5.85. The van der Waals surface area contributed by atoms with Gasteiger partial charge in [0.1, 0.15) is 17.3 Å². The van der Waals surface area contributed by atoms with E-state index in [1.807, 2.05) is 38.1 Å². The fraction of sp³-hybridized carbons (Fsp3) is 0.161. The van der Waals surface area contributed by atoms with Crippen molar-refractivity contribution in [2.75, 3.05) is 22.8 Å². The first-order chi connectivity index (χ1) is 19.2. The number of hydrogen-bond donors (Lipinski definition) is 1. The third-order valence-electron chi connectivity index (χ3n) is 6.29. The van der Waals surface area contributed by atoms with Crippen molar-refractivity contribution < 1.29 is 17.9 Å². The Hall–Kier alpha value is -4.21. The first kappa shape index (κ1) is 27.4. The van der Waals surface area contributed by atoms with Gasteiger partial charge in [-0.1, -0.05) is 35.9 Å². The molecule has 7 nitrogen and oxygen atoms in total. The molecule has 0 aliphatic heterocycles. The smallest absolute Gasteiger partial charge is 0.264 e. The Morgan fingerprint density at radius 1 is 0.925 bits per heavy atom. The van der Waals surface area contributed by atoms with Gasteiger partial charge in [-0.15, -0.1) is 11.3 Å². The van der Waals surface area contributed by atoms with Crippen molar-refractivity contribution in [2.45, 2.75) is 25.7 Å². The summed E-state index contributed by atoms with van der Waals surface area (Å²) in [6.07, 6.45) is 0. The van der Waals surface area contributed by atoms with Gasteiger partial charge in [0.05, 0.1) is 27.4 Å². The molecule has 5 rings (SSSR count). The van der Waals surface area contributed by atoms with Crippen LogP contribution in [0.1, 0.15) is 18.1 Å². The number of hydrogen-bond acceptors (Lipinski definition) is 6. The van der Waals surface area contributed by atoms with Gasteiger partial charge in [0, 0.05) is 11.3 Å². The second-order valence-electron chi connectivity index (χ2n) is 9.34. The Balaban J connectivity index is 1.39. The van der Waals surface area contributed by atoms with Crippen LogP contribution in [-0.4, -0.2) is 32.5 Å². The summed E-state index contributed by atoms with van der Waals surface area (Å²) in [5.74, 6) is -0.103. The van der Waals surface area contributed by atoms with E-state index in [1.54, 1.807) is 72.0 Å². The number of para-hydroxylation sites is 2. The summed E-state index contributed by atoms with van der Waals surface area (Å²) in [7, 11) is -4.07. The number of benzene rings is 4. The molecule has 1 N–H and O–H groups in total. The fourth-order valence-electron chi connectivity index (χ4n) is 4.26. The number of sulfonamides is 1. The number of carbonyl (C=O) groups is 1. The Kier molecular flexibility index (Phi) is 7.86.